The van der Waals surface area contributed by atoms with Crippen molar-refractivity contribution in [2.45, 2.75) is 0 Å². The monoisotopic (exact) mass is 413 g/mol. The molecular weight excluding hydrogens is 402 g/mol. The molecule has 0 spiro atoms. The van der Waals surface area contributed by atoms with Gasteiger partial charge in [-0.1, -0.05) is 6.07 Å². The molecule has 5 nitrogen and oxygen atoms in total. The molecule has 0 bridgehead atoms. The number of anilines is 1. The molecule has 1 aromatic heterocycles. The van der Waals surface area contributed by atoms with Crippen LogP contribution in [0.25, 0.3) is 0 Å². The highest BCUT2D eigenvalue weighted by Crippen LogP contribution is 2.25. The molecule has 21 heavy (non-hydrogen) atoms. The maximum Gasteiger partial charge on any atom is 0.271 e. The lowest BCUT2D eigenvalue weighted by Gasteiger charge is -2.12. The van der Waals surface area contributed by atoms with Gasteiger partial charge in [0.05, 0.1) is 10.7 Å². The summed E-state index contributed by atoms with van der Waals surface area (Å²) in [5.74, 6) is 0.246. The number of furan rings is 1. The van der Waals surface area contributed by atoms with Crippen LogP contribution in [-0.4, -0.2) is 26.2 Å². The van der Waals surface area contributed by atoms with Gasteiger partial charge in [0.15, 0.2) is 4.67 Å². The second kappa shape index (κ2) is 6.91. The zero-order valence-electron chi connectivity index (χ0n) is 11.4. The van der Waals surface area contributed by atoms with Crippen LogP contribution in [0.4, 0.5) is 5.69 Å². The van der Waals surface area contributed by atoms with E-state index in [0.717, 1.165) is 10.2 Å². The fraction of sp³-hybridized carbons (Fsp3) is 0.143. The highest BCUT2D eigenvalue weighted by atomic mass is 79.9. The number of amides is 1. The van der Waals surface area contributed by atoms with Crippen LogP contribution in [0, 0.1) is 0 Å². The van der Waals surface area contributed by atoms with Crippen LogP contribution in [0.2, 0.25) is 0 Å². The van der Waals surface area contributed by atoms with E-state index >= 15 is 0 Å². The van der Waals surface area contributed by atoms with Crippen molar-refractivity contribution in [1.29, 1.82) is 0 Å². The van der Waals surface area contributed by atoms with E-state index in [0.29, 0.717) is 16.0 Å². The molecule has 1 amide bonds. The standard InChI is InChI=1S/C14H13Br2N3O2/c1-19(2)10-5-3-4-9(6-10)14(20)18-17-8-11-7-12(15)13(16)21-11/h3-8H,1-2H3,(H,18,20)/b17-8-. The molecular formula is C14H13Br2N3O2. The highest BCUT2D eigenvalue weighted by molar-refractivity contribution is 9.13. The summed E-state index contributed by atoms with van der Waals surface area (Å²) in [6, 6.07) is 9.03. The molecule has 110 valence electrons. The predicted octanol–water partition coefficient (Wildman–Crippen LogP) is 3.63. The summed E-state index contributed by atoms with van der Waals surface area (Å²) in [5, 5.41) is 3.87. The third-order valence-electron chi connectivity index (χ3n) is 2.65. The summed E-state index contributed by atoms with van der Waals surface area (Å²) in [4.78, 5) is 13.9. The molecule has 1 aromatic carbocycles. The summed E-state index contributed by atoms with van der Waals surface area (Å²) in [7, 11) is 3.84. The van der Waals surface area contributed by atoms with Crippen LogP contribution in [0.5, 0.6) is 0 Å². The third-order valence-corrected chi connectivity index (χ3v) is 4.36. The van der Waals surface area contributed by atoms with Crippen LogP contribution >= 0.6 is 31.9 Å². The number of hydrazone groups is 1. The van der Waals surface area contributed by atoms with Crippen molar-refractivity contribution in [1.82, 2.24) is 5.43 Å². The molecule has 0 aliphatic carbocycles. The van der Waals surface area contributed by atoms with Gasteiger partial charge in [-0.25, -0.2) is 5.43 Å². The summed E-state index contributed by atoms with van der Waals surface area (Å²) < 4.78 is 6.68. The van der Waals surface area contributed by atoms with Gasteiger partial charge in [-0.3, -0.25) is 4.79 Å². The van der Waals surface area contributed by atoms with Gasteiger partial charge in [-0.2, -0.15) is 5.10 Å². The Bertz CT molecular complexity index is 661. The summed E-state index contributed by atoms with van der Waals surface area (Å²) in [5.41, 5.74) is 3.96. The van der Waals surface area contributed by atoms with Gasteiger partial charge >= 0.3 is 0 Å². The molecule has 1 heterocycles. The van der Waals surface area contributed by atoms with Crippen molar-refractivity contribution in [3.63, 3.8) is 0 Å². The van der Waals surface area contributed by atoms with Crippen LogP contribution in [0.15, 0.2) is 49.0 Å². The second-order valence-corrected chi connectivity index (χ2v) is 5.99. The number of carbonyl (C=O) groups excluding carboxylic acids is 1. The van der Waals surface area contributed by atoms with Gasteiger partial charge in [0.25, 0.3) is 5.91 Å². The van der Waals surface area contributed by atoms with E-state index in [9.17, 15) is 4.79 Å². The Morgan fingerprint density at radius 3 is 2.71 bits per heavy atom. The van der Waals surface area contributed by atoms with Crippen LogP contribution in [0.1, 0.15) is 16.1 Å². The smallest absolute Gasteiger partial charge is 0.271 e. The lowest BCUT2D eigenvalue weighted by molar-refractivity contribution is 0.0955. The van der Waals surface area contributed by atoms with Crippen molar-refractivity contribution in [3.8, 4) is 0 Å². The van der Waals surface area contributed by atoms with Crippen molar-refractivity contribution in [2.75, 3.05) is 19.0 Å². The molecule has 0 fully saturated rings. The Hall–Kier alpha value is -1.60. The van der Waals surface area contributed by atoms with E-state index in [4.69, 9.17) is 4.42 Å². The maximum absolute atomic E-state index is 12.0. The van der Waals surface area contributed by atoms with Gasteiger partial charge in [0, 0.05) is 31.4 Å². The average molecular weight is 415 g/mol. The zero-order chi connectivity index (χ0) is 15.4. The van der Waals surface area contributed by atoms with E-state index in [1.807, 2.05) is 31.1 Å². The fourth-order valence-corrected chi connectivity index (χ4v) is 2.18. The van der Waals surface area contributed by atoms with Crippen molar-refractivity contribution >= 4 is 49.7 Å². The molecule has 7 heteroatoms. The quantitative estimate of drug-likeness (QED) is 0.613. The van der Waals surface area contributed by atoms with Gasteiger partial charge in [-0.15, -0.1) is 0 Å². The Balaban J connectivity index is 2.03. The molecule has 1 N–H and O–H groups in total. The van der Waals surface area contributed by atoms with Crippen molar-refractivity contribution in [2.24, 2.45) is 5.10 Å². The Morgan fingerprint density at radius 2 is 2.10 bits per heavy atom. The minimum atomic E-state index is -0.278. The van der Waals surface area contributed by atoms with Crippen LogP contribution in [-0.2, 0) is 0 Å². The van der Waals surface area contributed by atoms with Crippen molar-refractivity contribution < 1.29 is 9.21 Å². The van der Waals surface area contributed by atoms with Crippen LogP contribution in [0.3, 0.4) is 0 Å². The number of benzene rings is 1. The number of nitrogens with zero attached hydrogens (tertiary/aromatic N) is 2. The largest absolute Gasteiger partial charge is 0.447 e. The van der Waals surface area contributed by atoms with Crippen LogP contribution < -0.4 is 10.3 Å². The van der Waals surface area contributed by atoms with Crippen molar-refractivity contribution in [3.05, 3.63) is 50.8 Å². The lowest BCUT2D eigenvalue weighted by Crippen LogP contribution is -2.18. The fourth-order valence-electron chi connectivity index (χ4n) is 1.57. The first-order valence-electron chi connectivity index (χ1n) is 6.03. The third kappa shape index (κ3) is 4.18. The number of halogens is 2. The molecule has 0 aliphatic rings. The predicted molar refractivity (Wildman–Crippen MR) is 89.9 cm³/mol. The summed E-state index contributed by atoms with van der Waals surface area (Å²) in [6.07, 6.45) is 1.43. The van der Waals surface area contributed by atoms with Gasteiger partial charge in [0.2, 0.25) is 0 Å². The first kappa shape index (κ1) is 15.8. The minimum Gasteiger partial charge on any atom is -0.447 e. The van der Waals surface area contributed by atoms with Gasteiger partial charge in [0.1, 0.15) is 5.76 Å². The molecule has 0 atom stereocenters. The van der Waals surface area contributed by atoms with Gasteiger partial charge in [-0.05, 0) is 50.1 Å². The summed E-state index contributed by atoms with van der Waals surface area (Å²) >= 11 is 6.53. The van der Waals surface area contributed by atoms with E-state index in [-0.39, 0.29) is 5.91 Å². The second-order valence-electron chi connectivity index (χ2n) is 4.41. The number of hydrogen-bond acceptors (Lipinski definition) is 4. The Morgan fingerprint density at radius 1 is 1.33 bits per heavy atom. The normalized spacial score (nSPS) is 10.9. The average Bonchev–Trinajstić information content (AvgIpc) is 2.77. The Kier molecular flexibility index (Phi) is 5.19. The summed E-state index contributed by atoms with van der Waals surface area (Å²) in [6.45, 7) is 0. The first-order valence-corrected chi connectivity index (χ1v) is 7.61. The SMILES string of the molecule is CN(C)c1cccc(C(=O)N/N=C\c2cc(Br)c(Br)o2)c1. The molecule has 2 aromatic rings. The van der Waals surface area contributed by atoms with Gasteiger partial charge < -0.3 is 9.32 Å². The molecule has 0 saturated carbocycles. The highest BCUT2D eigenvalue weighted by Gasteiger charge is 2.07. The lowest BCUT2D eigenvalue weighted by atomic mass is 10.2. The maximum atomic E-state index is 12.0. The zero-order valence-corrected chi connectivity index (χ0v) is 14.6. The number of hydrogen-bond donors (Lipinski definition) is 1. The minimum absolute atomic E-state index is 0.278. The topological polar surface area (TPSA) is 57.8 Å². The number of rotatable bonds is 4. The first-order chi connectivity index (χ1) is 9.97. The van der Waals surface area contributed by atoms with E-state index in [1.165, 1.54) is 6.21 Å². The van der Waals surface area contributed by atoms with E-state index in [1.54, 1.807) is 18.2 Å². The van der Waals surface area contributed by atoms with E-state index < -0.39 is 0 Å². The molecule has 0 saturated heterocycles. The van der Waals surface area contributed by atoms with E-state index in [2.05, 4.69) is 42.4 Å². The number of nitrogens with one attached hydrogen (secondary N) is 1. The molecule has 0 unspecified atom stereocenters. The Labute approximate surface area is 139 Å². The molecule has 2 rings (SSSR count). The number of carbonyl (C=O) groups is 1. The molecule has 0 aliphatic heterocycles. The molecule has 0 radical (unpaired) electrons.